The number of hydrogen-bond donors (Lipinski definition) is 2. The molecule has 0 saturated heterocycles. The first-order valence-corrected chi connectivity index (χ1v) is 7.13. The van der Waals surface area contributed by atoms with Crippen molar-refractivity contribution in [2.45, 2.75) is 16.5 Å². The summed E-state index contributed by atoms with van der Waals surface area (Å²) in [6, 6.07) is 14.5. The van der Waals surface area contributed by atoms with E-state index in [4.69, 9.17) is 0 Å². The van der Waals surface area contributed by atoms with E-state index in [-0.39, 0.29) is 12.3 Å². The van der Waals surface area contributed by atoms with Crippen molar-refractivity contribution in [1.29, 1.82) is 0 Å². The van der Waals surface area contributed by atoms with Gasteiger partial charge in [0.1, 0.15) is 0 Å². The second-order valence-corrected chi connectivity index (χ2v) is 5.61. The number of nitrogens with zero attached hydrogens (tertiary/aromatic N) is 1. The van der Waals surface area contributed by atoms with E-state index in [1.54, 1.807) is 6.07 Å². The fraction of sp³-hybridized carbons (Fsp3) is 0.0667. The number of non-ortho nitro benzene ring substituents is 1. The van der Waals surface area contributed by atoms with Gasteiger partial charge in [-0.15, -0.1) is 0 Å². The van der Waals surface area contributed by atoms with Gasteiger partial charge in [0, 0.05) is 27.9 Å². The number of H-pyrrole nitrogens is 1. The standard InChI is InChI=1S/C15H12N2O3S/c18-9-11-7-12(17(19)20)5-6-14(11)21-15-8-10-3-1-2-4-13(10)16-15/h1-8,16,18H,9H2. The minimum Gasteiger partial charge on any atom is -0.392 e. The van der Waals surface area contributed by atoms with Crippen molar-refractivity contribution >= 4 is 28.4 Å². The van der Waals surface area contributed by atoms with Crippen molar-refractivity contribution in [2.75, 3.05) is 0 Å². The highest BCUT2D eigenvalue weighted by atomic mass is 32.2. The average molecular weight is 300 g/mol. The maximum Gasteiger partial charge on any atom is 0.269 e. The first-order valence-electron chi connectivity index (χ1n) is 6.31. The summed E-state index contributed by atoms with van der Waals surface area (Å²) in [6.45, 7) is -0.232. The summed E-state index contributed by atoms with van der Waals surface area (Å²) in [5.41, 5.74) is 1.57. The molecule has 3 rings (SSSR count). The quantitative estimate of drug-likeness (QED) is 0.568. The van der Waals surface area contributed by atoms with Crippen LogP contribution in [0, 0.1) is 10.1 Å². The lowest BCUT2D eigenvalue weighted by atomic mass is 10.2. The molecule has 21 heavy (non-hydrogen) atoms. The van der Waals surface area contributed by atoms with Crippen molar-refractivity contribution in [3.8, 4) is 0 Å². The highest BCUT2D eigenvalue weighted by molar-refractivity contribution is 7.99. The first-order chi connectivity index (χ1) is 10.2. The van der Waals surface area contributed by atoms with E-state index >= 15 is 0 Å². The molecule has 0 saturated carbocycles. The van der Waals surface area contributed by atoms with Crippen molar-refractivity contribution in [1.82, 2.24) is 4.98 Å². The zero-order chi connectivity index (χ0) is 14.8. The van der Waals surface area contributed by atoms with E-state index in [2.05, 4.69) is 4.98 Å². The Kier molecular flexibility index (Phi) is 3.64. The average Bonchev–Trinajstić information content (AvgIpc) is 2.89. The molecule has 0 aliphatic rings. The molecule has 0 unspecified atom stereocenters. The number of para-hydroxylation sites is 1. The number of aromatic amines is 1. The molecule has 1 aromatic heterocycles. The number of rotatable bonds is 4. The number of nitro groups is 1. The second kappa shape index (κ2) is 5.59. The van der Waals surface area contributed by atoms with Gasteiger partial charge in [-0.2, -0.15) is 0 Å². The van der Waals surface area contributed by atoms with Crippen LogP contribution in [-0.2, 0) is 6.61 Å². The fourth-order valence-electron chi connectivity index (χ4n) is 2.12. The number of benzene rings is 2. The van der Waals surface area contributed by atoms with Crippen molar-refractivity contribution in [2.24, 2.45) is 0 Å². The van der Waals surface area contributed by atoms with Crippen LogP contribution < -0.4 is 0 Å². The molecule has 6 heteroatoms. The summed E-state index contributed by atoms with van der Waals surface area (Å²) in [6.07, 6.45) is 0. The SMILES string of the molecule is O=[N+]([O-])c1ccc(Sc2cc3ccccc3[nH]2)c(CO)c1. The Balaban J connectivity index is 1.95. The van der Waals surface area contributed by atoms with Crippen molar-refractivity contribution in [3.63, 3.8) is 0 Å². The molecule has 0 aliphatic carbocycles. The van der Waals surface area contributed by atoms with E-state index in [0.717, 1.165) is 20.8 Å². The van der Waals surface area contributed by atoms with Crippen LogP contribution in [0.25, 0.3) is 10.9 Å². The summed E-state index contributed by atoms with van der Waals surface area (Å²) >= 11 is 1.45. The summed E-state index contributed by atoms with van der Waals surface area (Å²) in [7, 11) is 0. The summed E-state index contributed by atoms with van der Waals surface area (Å²) in [4.78, 5) is 14.4. The van der Waals surface area contributed by atoms with Gasteiger partial charge in [-0.25, -0.2) is 0 Å². The normalized spacial score (nSPS) is 10.9. The minimum atomic E-state index is -0.462. The van der Waals surface area contributed by atoms with Gasteiger partial charge >= 0.3 is 0 Å². The molecule has 2 N–H and O–H groups in total. The summed E-state index contributed by atoms with van der Waals surface area (Å²) < 4.78 is 0. The molecule has 0 aliphatic heterocycles. The third-order valence-electron chi connectivity index (χ3n) is 3.15. The maximum atomic E-state index is 10.8. The predicted molar refractivity (Wildman–Crippen MR) is 81.4 cm³/mol. The van der Waals surface area contributed by atoms with E-state index in [0.29, 0.717) is 5.56 Å². The zero-order valence-electron chi connectivity index (χ0n) is 10.9. The lowest BCUT2D eigenvalue weighted by molar-refractivity contribution is -0.385. The van der Waals surface area contributed by atoms with Gasteiger partial charge in [-0.1, -0.05) is 30.0 Å². The first kappa shape index (κ1) is 13.7. The number of aliphatic hydroxyl groups excluding tert-OH is 1. The Hall–Kier alpha value is -2.31. The minimum absolute atomic E-state index is 0.0138. The van der Waals surface area contributed by atoms with Crippen LogP contribution in [0.3, 0.4) is 0 Å². The lowest BCUT2D eigenvalue weighted by Gasteiger charge is -2.05. The van der Waals surface area contributed by atoms with E-state index < -0.39 is 4.92 Å². The molecule has 0 amide bonds. The van der Waals surface area contributed by atoms with E-state index in [1.807, 2.05) is 30.3 Å². The van der Waals surface area contributed by atoms with Gasteiger partial charge in [-0.05, 0) is 23.8 Å². The lowest BCUT2D eigenvalue weighted by Crippen LogP contribution is -1.93. The molecule has 106 valence electrons. The van der Waals surface area contributed by atoms with Gasteiger partial charge < -0.3 is 10.1 Å². The fourth-order valence-corrected chi connectivity index (χ4v) is 3.10. The molecule has 2 aromatic carbocycles. The number of nitrogens with one attached hydrogen (secondary N) is 1. The Morgan fingerprint density at radius 2 is 2.00 bits per heavy atom. The van der Waals surface area contributed by atoms with Crippen molar-refractivity contribution in [3.05, 3.63) is 64.2 Å². The van der Waals surface area contributed by atoms with E-state index in [1.165, 1.54) is 23.9 Å². The molecule has 3 aromatic rings. The van der Waals surface area contributed by atoms with Gasteiger partial charge in [0.2, 0.25) is 0 Å². The van der Waals surface area contributed by atoms with Crippen LogP contribution in [0.15, 0.2) is 58.5 Å². The molecule has 0 fully saturated rings. The Bertz CT molecular complexity index is 781. The summed E-state index contributed by atoms with van der Waals surface area (Å²) in [5.74, 6) is 0. The third kappa shape index (κ3) is 2.76. The second-order valence-electron chi connectivity index (χ2n) is 4.53. The largest absolute Gasteiger partial charge is 0.392 e. The highest BCUT2D eigenvalue weighted by Crippen LogP contribution is 2.33. The highest BCUT2D eigenvalue weighted by Gasteiger charge is 2.12. The number of aromatic nitrogens is 1. The molecule has 0 spiro atoms. The smallest absolute Gasteiger partial charge is 0.269 e. The molecule has 0 radical (unpaired) electrons. The molecule has 1 heterocycles. The van der Waals surface area contributed by atoms with Gasteiger partial charge in [-0.3, -0.25) is 10.1 Å². The van der Waals surface area contributed by atoms with Crippen LogP contribution in [0.1, 0.15) is 5.56 Å². The maximum absolute atomic E-state index is 10.8. The molecule has 0 bridgehead atoms. The topological polar surface area (TPSA) is 79.2 Å². The molecular formula is C15H12N2O3S. The Labute approximate surface area is 124 Å². The molecular weight excluding hydrogens is 288 g/mol. The number of hydrogen-bond acceptors (Lipinski definition) is 4. The molecule has 0 atom stereocenters. The molecule has 5 nitrogen and oxygen atoms in total. The number of fused-ring (bicyclic) bond motifs is 1. The van der Waals surface area contributed by atoms with Crippen molar-refractivity contribution < 1.29 is 10.0 Å². The van der Waals surface area contributed by atoms with Crippen LogP contribution in [-0.4, -0.2) is 15.0 Å². The monoisotopic (exact) mass is 300 g/mol. The summed E-state index contributed by atoms with van der Waals surface area (Å²) in [5, 5.41) is 22.2. The van der Waals surface area contributed by atoms with Gasteiger partial charge in [0.25, 0.3) is 5.69 Å². The Morgan fingerprint density at radius 1 is 1.19 bits per heavy atom. The van der Waals surface area contributed by atoms with Crippen LogP contribution in [0.5, 0.6) is 0 Å². The third-order valence-corrected chi connectivity index (χ3v) is 4.21. The Morgan fingerprint density at radius 3 is 2.71 bits per heavy atom. The zero-order valence-corrected chi connectivity index (χ0v) is 11.8. The number of aliphatic hydroxyl groups is 1. The van der Waals surface area contributed by atoms with Crippen LogP contribution in [0.2, 0.25) is 0 Å². The van der Waals surface area contributed by atoms with E-state index in [9.17, 15) is 15.2 Å². The van der Waals surface area contributed by atoms with Gasteiger partial charge in [0.05, 0.1) is 16.6 Å². The number of nitro benzene ring substituents is 1. The van der Waals surface area contributed by atoms with Crippen LogP contribution in [0.4, 0.5) is 5.69 Å². The van der Waals surface area contributed by atoms with Crippen LogP contribution >= 0.6 is 11.8 Å². The van der Waals surface area contributed by atoms with Gasteiger partial charge in [0.15, 0.2) is 0 Å². The predicted octanol–water partition coefficient (Wildman–Crippen LogP) is 3.72.